The Kier molecular flexibility index (Phi) is 18.8. The van der Waals surface area contributed by atoms with Gasteiger partial charge in [-0.25, -0.2) is 14.8 Å². The zero-order chi connectivity index (χ0) is 40.7. The first-order valence-electron chi connectivity index (χ1n) is 17.8. The Hall–Kier alpha value is -5.66. The van der Waals surface area contributed by atoms with Crippen molar-refractivity contribution in [2.75, 3.05) is 19.6 Å². The topological polar surface area (TPSA) is 303 Å². The van der Waals surface area contributed by atoms with Gasteiger partial charge in [0.2, 0.25) is 0 Å². The van der Waals surface area contributed by atoms with Crippen LogP contribution in [0.15, 0.2) is 43.0 Å². The first-order valence-corrected chi connectivity index (χ1v) is 17.8. The van der Waals surface area contributed by atoms with E-state index in [1.807, 2.05) is 45.9 Å². The number of halogens is 1. The molecule has 0 unspecified atom stereocenters. The highest BCUT2D eigenvalue weighted by molar-refractivity contribution is 6.07. The minimum atomic E-state index is -1.75. The van der Waals surface area contributed by atoms with E-state index in [0.717, 1.165) is 11.9 Å². The number of carbonyl (C=O) groups is 7. The van der Waals surface area contributed by atoms with Crippen molar-refractivity contribution in [3.05, 3.63) is 71.3 Å². The van der Waals surface area contributed by atoms with Gasteiger partial charge in [0, 0.05) is 25.2 Å². The van der Waals surface area contributed by atoms with Gasteiger partial charge >= 0.3 is 11.9 Å². The summed E-state index contributed by atoms with van der Waals surface area (Å²) >= 11 is 0. The Labute approximate surface area is 329 Å². The van der Waals surface area contributed by atoms with Gasteiger partial charge in [-0.1, -0.05) is 58.0 Å². The molecule has 3 aromatic rings. The van der Waals surface area contributed by atoms with Gasteiger partial charge < -0.3 is 52.5 Å². The van der Waals surface area contributed by atoms with E-state index in [2.05, 4.69) is 46.5 Å². The number of hydrogen-bond acceptors (Lipinski definition) is 11. The molecule has 306 valence electrons. The van der Waals surface area contributed by atoms with Crippen LogP contribution in [0.5, 0.6) is 0 Å². The molecule has 0 fully saturated rings. The fourth-order valence-corrected chi connectivity index (χ4v) is 5.76. The number of H-pyrrole nitrogens is 2. The Bertz CT molecular complexity index is 1800. The van der Waals surface area contributed by atoms with Crippen molar-refractivity contribution in [3.8, 4) is 0 Å². The number of nitrogens with zero attached hydrogens (tertiary/aromatic N) is 2. The second-order valence-corrected chi connectivity index (χ2v) is 13.9. The number of carbonyl (C=O) groups excluding carboxylic acids is 5. The largest absolute Gasteiger partial charge is 0.481 e. The molecule has 20 heteroatoms. The molecular formula is C36H51ClN10O9. The van der Waals surface area contributed by atoms with Gasteiger partial charge in [0.15, 0.2) is 17.2 Å². The maximum Gasteiger partial charge on any atom is 0.326 e. The molecule has 0 radical (unpaired) electrons. The maximum atomic E-state index is 13.7. The second kappa shape index (κ2) is 22.7. The van der Waals surface area contributed by atoms with Crippen LogP contribution in [-0.2, 0) is 20.8 Å². The molecule has 0 bridgehead atoms. The number of benzene rings is 1. The number of rotatable bonds is 23. The van der Waals surface area contributed by atoms with Crippen molar-refractivity contribution >= 4 is 53.8 Å². The number of Topliss-reactive ketones (excluding diaryl/α,β-unsaturated/α-hetero) is 1. The highest BCUT2D eigenvalue weighted by atomic mass is 35.5. The predicted octanol–water partition coefficient (Wildman–Crippen LogP) is 0.660. The summed E-state index contributed by atoms with van der Waals surface area (Å²) in [5, 5.41) is 31.7. The molecule has 11 N–H and O–H groups in total. The predicted molar refractivity (Wildman–Crippen MR) is 205 cm³/mol. The number of amides is 4. The Morgan fingerprint density at radius 3 is 1.70 bits per heavy atom. The van der Waals surface area contributed by atoms with E-state index in [1.54, 1.807) is 12.1 Å². The zero-order valence-corrected chi connectivity index (χ0v) is 32.4. The molecule has 0 saturated heterocycles. The summed E-state index contributed by atoms with van der Waals surface area (Å²) in [5.74, 6) is -6.18. The van der Waals surface area contributed by atoms with E-state index < -0.39 is 65.9 Å². The van der Waals surface area contributed by atoms with Crippen LogP contribution in [0.4, 0.5) is 0 Å². The first-order chi connectivity index (χ1) is 26.1. The van der Waals surface area contributed by atoms with Crippen LogP contribution in [0.3, 0.4) is 0 Å². The van der Waals surface area contributed by atoms with Crippen molar-refractivity contribution < 1.29 is 43.8 Å². The van der Waals surface area contributed by atoms with E-state index in [0.29, 0.717) is 12.8 Å². The SMILES string of the molecule is CC(C)C[C@@H](CNCC(=O)[C@H](Cc1ccccc1)NC(=O)c1[nH]cnc1C(=O)N[C@H](CN)CC(C)C)NC(=O)c1nc[nH]c1C(=O)N[C@@H](CC(=O)O)C(=O)O.Cl. The molecular weight excluding hydrogens is 752 g/mol. The number of imidazole rings is 2. The third-order valence-corrected chi connectivity index (χ3v) is 8.28. The number of aliphatic carboxylic acids is 2. The monoisotopic (exact) mass is 802 g/mol. The quantitative estimate of drug-likeness (QED) is 0.0631. The molecule has 0 spiro atoms. The number of hydrogen-bond donors (Lipinski definition) is 10. The zero-order valence-electron chi connectivity index (χ0n) is 31.6. The third kappa shape index (κ3) is 14.5. The summed E-state index contributed by atoms with van der Waals surface area (Å²) in [6, 6.07) is 5.35. The second-order valence-electron chi connectivity index (χ2n) is 13.9. The Morgan fingerprint density at radius 2 is 1.21 bits per heavy atom. The van der Waals surface area contributed by atoms with E-state index >= 15 is 0 Å². The van der Waals surface area contributed by atoms with Crippen LogP contribution < -0.4 is 32.3 Å². The molecule has 0 aliphatic heterocycles. The van der Waals surface area contributed by atoms with Crippen LogP contribution in [0.25, 0.3) is 0 Å². The molecule has 1 aromatic carbocycles. The minimum absolute atomic E-state index is 0. The average molecular weight is 803 g/mol. The molecule has 4 amide bonds. The molecule has 0 aliphatic carbocycles. The molecule has 2 aromatic heterocycles. The minimum Gasteiger partial charge on any atom is -0.481 e. The van der Waals surface area contributed by atoms with Crippen LogP contribution in [0.1, 0.15) is 94.5 Å². The number of ketones is 1. The van der Waals surface area contributed by atoms with Crippen LogP contribution in [0, 0.1) is 11.8 Å². The lowest BCUT2D eigenvalue weighted by molar-refractivity contribution is -0.145. The summed E-state index contributed by atoms with van der Waals surface area (Å²) in [7, 11) is 0. The van der Waals surface area contributed by atoms with E-state index in [4.69, 9.17) is 10.8 Å². The number of carboxylic acid groups (broad SMARTS) is 2. The highest BCUT2D eigenvalue weighted by Gasteiger charge is 2.30. The van der Waals surface area contributed by atoms with Crippen molar-refractivity contribution in [2.45, 2.75) is 77.5 Å². The molecule has 0 aliphatic rings. The first kappa shape index (κ1) is 46.5. The normalized spacial score (nSPS) is 13.1. The van der Waals surface area contributed by atoms with Crippen molar-refractivity contribution in [2.24, 2.45) is 17.6 Å². The van der Waals surface area contributed by atoms with E-state index in [9.17, 15) is 38.7 Å². The van der Waals surface area contributed by atoms with Crippen molar-refractivity contribution in [3.63, 3.8) is 0 Å². The Morgan fingerprint density at radius 1 is 0.714 bits per heavy atom. The van der Waals surface area contributed by atoms with Crippen LogP contribution >= 0.6 is 12.4 Å². The lowest BCUT2D eigenvalue weighted by atomic mass is 10.0. The summed E-state index contributed by atoms with van der Waals surface area (Å²) in [6.45, 7) is 7.90. The van der Waals surface area contributed by atoms with Gasteiger partial charge in [0.1, 0.15) is 17.4 Å². The van der Waals surface area contributed by atoms with Gasteiger partial charge in [-0.2, -0.15) is 0 Å². The van der Waals surface area contributed by atoms with Crippen LogP contribution in [0.2, 0.25) is 0 Å². The smallest absolute Gasteiger partial charge is 0.326 e. The molecule has 56 heavy (non-hydrogen) atoms. The van der Waals surface area contributed by atoms with Gasteiger partial charge in [0.05, 0.1) is 31.7 Å². The van der Waals surface area contributed by atoms with Gasteiger partial charge in [-0.15, -0.1) is 12.4 Å². The molecule has 2 heterocycles. The molecule has 19 nitrogen and oxygen atoms in total. The van der Waals surface area contributed by atoms with Crippen molar-refractivity contribution in [1.29, 1.82) is 0 Å². The summed E-state index contributed by atoms with van der Waals surface area (Å²) in [5.41, 5.74) is 5.62. The molecule has 4 atom stereocenters. The number of carboxylic acids is 2. The summed E-state index contributed by atoms with van der Waals surface area (Å²) < 4.78 is 0. The molecule has 0 saturated carbocycles. The average Bonchev–Trinajstić information content (AvgIpc) is 3.82. The Balaban J connectivity index is 0.0000108. The van der Waals surface area contributed by atoms with E-state index in [-0.39, 0.29) is 79.1 Å². The number of aromatic nitrogens is 4. The van der Waals surface area contributed by atoms with Gasteiger partial charge in [-0.3, -0.25) is 28.8 Å². The third-order valence-electron chi connectivity index (χ3n) is 8.28. The fraction of sp³-hybridized carbons (Fsp3) is 0.472. The highest BCUT2D eigenvalue weighted by Crippen LogP contribution is 2.11. The number of nitrogens with one attached hydrogen (secondary N) is 7. The van der Waals surface area contributed by atoms with Crippen LogP contribution in [-0.4, -0.2) is 115 Å². The van der Waals surface area contributed by atoms with E-state index in [1.165, 1.54) is 6.33 Å². The van der Waals surface area contributed by atoms with Gasteiger partial charge in [-0.05, 0) is 36.7 Å². The number of nitrogens with two attached hydrogens (primary N) is 1. The standard InChI is InChI=1S/C36H50N10O9.ClH/c1-19(2)10-22(14-37)43-32(50)28-30(41-17-39-28)34(52)45-24(12-21-8-6-5-7-9-21)26(47)16-38-15-23(11-20(3)4)44-33(51)29-31(42-18-40-29)35(53)46-25(36(54)55)13-27(48)49;/h5-9,17-20,22-25,38H,10-16,37H2,1-4H3,(H,39,41)(H,40,42)(H,43,50)(H,44,51)(H,45,52)(H,46,53)(H,48,49)(H,54,55);1H/t22-,23-,24-,25-;/m0./s1. The summed E-state index contributed by atoms with van der Waals surface area (Å²) in [4.78, 5) is 102. The molecule has 3 rings (SSSR count). The maximum absolute atomic E-state index is 13.7. The fourth-order valence-electron chi connectivity index (χ4n) is 5.76. The lowest BCUT2D eigenvalue weighted by Crippen LogP contribution is -2.49. The van der Waals surface area contributed by atoms with Gasteiger partial charge in [0.25, 0.3) is 23.6 Å². The number of aromatic amines is 2. The van der Waals surface area contributed by atoms with Crippen molar-refractivity contribution in [1.82, 2.24) is 46.5 Å². The summed E-state index contributed by atoms with van der Waals surface area (Å²) in [6.07, 6.45) is 2.60. The lowest BCUT2D eigenvalue weighted by Gasteiger charge is -2.22.